The van der Waals surface area contributed by atoms with E-state index in [9.17, 15) is 10.1 Å². The Kier molecular flexibility index (Phi) is 2.37. The first-order valence-corrected chi connectivity index (χ1v) is 5.57. The molecule has 2 aromatic rings. The molecule has 3 N–H and O–H groups in total. The van der Waals surface area contributed by atoms with Crippen LogP contribution in [0.3, 0.4) is 0 Å². The number of benzene rings is 1. The highest BCUT2D eigenvalue weighted by Crippen LogP contribution is 2.31. The van der Waals surface area contributed by atoms with Crippen LogP contribution in [-0.4, -0.2) is 27.3 Å². The molecule has 94 valence electrons. The van der Waals surface area contributed by atoms with Gasteiger partial charge in [0, 0.05) is 18.2 Å². The number of nitro benzene ring substituents is 1. The van der Waals surface area contributed by atoms with Crippen molar-refractivity contribution in [1.82, 2.24) is 10.3 Å². The molecule has 18 heavy (non-hydrogen) atoms. The second-order valence-corrected chi connectivity index (χ2v) is 4.42. The zero-order valence-corrected chi connectivity index (χ0v) is 9.37. The number of aromatic nitrogens is 2. The molecular formula is C10H11N5O3. The van der Waals surface area contributed by atoms with Crippen molar-refractivity contribution in [3.05, 3.63) is 22.2 Å². The molecule has 3 rings (SSSR count). The minimum Gasteiger partial charge on any atom is -0.380 e. The molecule has 0 saturated heterocycles. The Morgan fingerprint density at radius 2 is 2.11 bits per heavy atom. The van der Waals surface area contributed by atoms with Crippen LogP contribution in [0.2, 0.25) is 0 Å². The van der Waals surface area contributed by atoms with E-state index in [0.29, 0.717) is 11.2 Å². The molecular weight excluding hydrogens is 238 g/mol. The fraction of sp³-hybridized carbons (Fsp3) is 0.400. The van der Waals surface area contributed by atoms with E-state index in [0.717, 1.165) is 12.8 Å². The molecule has 1 aromatic carbocycles. The van der Waals surface area contributed by atoms with Crippen LogP contribution >= 0.6 is 0 Å². The fourth-order valence-electron chi connectivity index (χ4n) is 2.12. The molecule has 1 fully saturated rings. The van der Waals surface area contributed by atoms with Gasteiger partial charge in [-0.05, 0) is 29.2 Å². The molecule has 0 aliphatic heterocycles. The van der Waals surface area contributed by atoms with Crippen LogP contribution in [-0.2, 0) is 0 Å². The zero-order chi connectivity index (χ0) is 12.7. The Morgan fingerprint density at radius 3 is 2.78 bits per heavy atom. The molecule has 1 aliphatic rings. The van der Waals surface area contributed by atoms with Crippen molar-refractivity contribution in [3.63, 3.8) is 0 Å². The van der Waals surface area contributed by atoms with Crippen LogP contribution in [0.4, 0.5) is 11.4 Å². The van der Waals surface area contributed by atoms with Gasteiger partial charge in [-0.2, -0.15) is 0 Å². The van der Waals surface area contributed by atoms with Gasteiger partial charge >= 0.3 is 5.69 Å². The first-order valence-electron chi connectivity index (χ1n) is 5.57. The van der Waals surface area contributed by atoms with E-state index < -0.39 is 4.92 Å². The lowest BCUT2D eigenvalue weighted by atomic mass is 9.87. The second kappa shape index (κ2) is 3.91. The normalized spacial score (nSPS) is 22.7. The summed E-state index contributed by atoms with van der Waals surface area (Å²) in [4.78, 5) is 10.3. The number of rotatable bonds is 3. The summed E-state index contributed by atoms with van der Waals surface area (Å²) >= 11 is 0. The predicted molar refractivity (Wildman–Crippen MR) is 63.1 cm³/mol. The monoisotopic (exact) mass is 249 g/mol. The standard InChI is InChI=1S/C10H11N5O3/c11-5-3-6(4-5)12-7-1-2-8(15(16)17)10-9(7)13-18-14-10/h1-2,5-6,12H,3-4,11H2. The molecule has 0 spiro atoms. The Hall–Kier alpha value is -2.22. The largest absolute Gasteiger partial charge is 0.380 e. The third kappa shape index (κ3) is 1.66. The van der Waals surface area contributed by atoms with Crippen LogP contribution in [0.5, 0.6) is 0 Å². The van der Waals surface area contributed by atoms with Gasteiger partial charge in [-0.25, -0.2) is 4.63 Å². The third-order valence-electron chi connectivity index (χ3n) is 3.12. The van der Waals surface area contributed by atoms with Gasteiger partial charge in [0.1, 0.15) is 0 Å². The van der Waals surface area contributed by atoms with Gasteiger partial charge in [-0.1, -0.05) is 0 Å². The van der Waals surface area contributed by atoms with Crippen LogP contribution in [0.25, 0.3) is 11.0 Å². The maximum absolute atomic E-state index is 10.8. The molecule has 1 saturated carbocycles. The summed E-state index contributed by atoms with van der Waals surface area (Å²) in [5.74, 6) is 0. The molecule has 1 aromatic heterocycles. The minimum absolute atomic E-state index is 0.109. The average Bonchev–Trinajstić information content (AvgIpc) is 2.75. The maximum atomic E-state index is 10.8. The van der Waals surface area contributed by atoms with Crippen molar-refractivity contribution in [2.24, 2.45) is 5.73 Å². The van der Waals surface area contributed by atoms with Crippen molar-refractivity contribution in [1.29, 1.82) is 0 Å². The van der Waals surface area contributed by atoms with E-state index in [-0.39, 0.29) is 23.3 Å². The number of hydrogen-bond donors (Lipinski definition) is 2. The number of nitrogens with zero attached hydrogens (tertiary/aromatic N) is 3. The van der Waals surface area contributed by atoms with E-state index in [1.165, 1.54) is 6.07 Å². The first kappa shape index (κ1) is 10.9. The highest BCUT2D eigenvalue weighted by Gasteiger charge is 2.27. The van der Waals surface area contributed by atoms with Crippen LogP contribution in [0, 0.1) is 10.1 Å². The van der Waals surface area contributed by atoms with Crippen molar-refractivity contribution in [2.75, 3.05) is 5.32 Å². The van der Waals surface area contributed by atoms with E-state index in [2.05, 4.69) is 20.3 Å². The lowest BCUT2D eigenvalue weighted by Crippen LogP contribution is -2.44. The Bertz CT molecular complexity index is 605. The van der Waals surface area contributed by atoms with Crippen LogP contribution in [0.15, 0.2) is 16.8 Å². The molecule has 1 aliphatic carbocycles. The summed E-state index contributed by atoms with van der Waals surface area (Å²) in [6, 6.07) is 3.52. The summed E-state index contributed by atoms with van der Waals surface area (Å²) in [6.07, 6.45) is 1.76. The molecule has 0 amide bonds. The number of hydrogen-bond acceptors (Lipinski definition) is 7. The number of nitrogens with two attached hydrogens (primary N) is 1. The molecule has 8 heteroatoms. The summed E-state index contributed by atoms with van der Waals surface area (Å²) in [5, 5.41) is 21.3. The summed E-state index contributed by atoms with van der Waals surface area (Å²) in [6.45, 7) is 0. The SMILES string of the molecule is NC1CC(Nc2ccc([N+](=O)[O-])c3nonc23)C1. The van der Waals surface area contributed by atoms with Gasteiger partial charge in [-0.15, -0.1) is 0 Å². The van der Waals surface area contributed by atoms with Gasteiger partial charge in [-0.3, -0.25) is 10.1 Å². The fourth-order valence-corrected chi connectivity index (χ4v) is 2.12. The van der Waals surface area contributed by atoms with Crippen LogP contribution in [0.1, 0.15) is 12.8 Å². The lowest BCUT2D eigenvalue weighted by Gasteiger charge is -2.33. The highest BCUT2D eigenvalue weighted by atomic mass is 16.6. The molecule has 0 unspecified atom stereocenters. The predicted octanol–water partition coefficient (Wildman–Crippen LogP) is 1.03. The number of non-ortho nitro benzene ring substituents is 1. The molecule has 1 heterocycles. The van der Waals surface area contributed by atoms with Gasteiger partial charge in [0.05, 0.1) is 10.6 Å². The summed E-state index contributed by atoms with van der Waals surface area (Å²) in [7, 11) is 0. The Labute approximate surface area is 101 Å². The zero-order valence-electron chi connectivity index (χ0n) is 9.37. The van der Waals surface area contributed by atoms with Crippen molar-refractivity contribution >= 4 is 22.4 Å². The number of fused-ring (bicyclic) bond motifs is 1. The molecule has 0 radical (unpaired) electrons. The van der Waals surface area contributed by atoms with Gasteiger partial charge < -0.3 is 11.1 Å². The first-order chi connectivity index (χ1) is 8.65. The quantitative estimate of drug-likeness (QED) is 0.615. The van der Waals surface area contributed by atoms with Crippen molar-refractivity contribution in [2.45, 2.75) is 24.9 Å². The van der Waals surface area contributed by atoms with E-state index in [1.54, 1.807) is 6.07 Å². The molecule has 0 bridgehead atoms. The van der Waals surface area contributed by atoms with Gasteiger partial charge in [0.25, 0.3) is 0 Å². The molecule has 8 nitrogen and oxygen atoms in total. The number of nitrogens with one attached hydrogen (secondary N) is 1. The lowest BCUT2D eigenvalue weighted by molar-refractivity contribution is -0.383. The van der Waals surface area contributed by atoms with E-state index >= 15 is 0 Å². The Balaban J connectivity index is 1.96. The van der Waals surface area contributed by atoms with Gasteiger partial charge in [0.2, 0.25) is 5.52 Å². The smallest absolute Gasteiger partial charge is 0.300 e. The minimum atomic E-state index is -0.504. The van der Waals surface area contributed by atoms with E-state index in [1.807, 2.05) is 0 Å². The van der Waals surface area contributed by atoms with E-state index in [4.69, 9.17) is 5.73 Å². The number of anilines is 1. The summed E-state index contributed by atoms with van der Waals surface area (Å²) < 4.78 is 4.58. The topological polar surface area (TPSA) is 120 Å². The number of nitro groups is 1. The second-order valence-electron chi connectivity index (χ2n) is 4.42. The van der Waals surface area contributed by atoms with Crippen molar-refractivity contribution in [3.8, 4) is 0 Å². The van der Waals surface area contributed by atoms with Gasteiger partial charge in [0.15, 0.2) is 5.52 Å². The molecule has 0 atom stereocenters. The third-order valence-corrected chi connectivity index (χ3v) is 3.12. The van der Waals surface area contributed by atoms with Crippen molar-refractivity contribution < 1.29 is 9.55 Å². The summed E-state index contributed by atoms with van der Waals surface area (Å²) in [5.41, 5.74) is 6.82. The maximum Gasteiger partial charge on any atom is 0.300 e. The highest BCUT2D eigenvalue weighted by molar-refractivity contribution is 5.93. The van der Waals surface area contributed by atoms with Crippen LogP contribution < -0.4 is 11.1 Å². The Morgan fingerprint density at radius 1 is 1.39 bits per heavy atom. The average molecular weight is 249 g/mol.